The molecule has 1 aliphatic rings. The van der Waals surface area contributed by atoms with E-state index in [2.05, 4.69) is 20.2 Å². The average Bonchev–Trinajstić information content (AvgIpc) is 2.78. The Hall–Kier alpha value is -3.70. The second-order valence-corrected chi connectivity index (χ2v) is 6.77. The van der Waals surface area contributed by atoms with Crippen molar-refractivity contribution in [3.63, 3.8) is 0 Å². The molecule has 4 rings (SSSR count). The fourth-order valence-corrected chi connectivity index (χ4v) is 3.13. The Kier molecular flexibility index (Phi) is 5.72. The van der Waals surface area contributed by atoms with Gasteiger partial charge in [-0.2, -0.15) is 5.26 Å². The summed E-state index contributed by atoms with van der Waals surface area (Å²) in [5, 5.41) is 11.9. The second kappa shape index (κ2) is 8.76. The topological polar surface area (TPSA) is 83.3 Å². The van der Waals surface area contributed by atoms with Crippen LogP contribution in [0.5, 0.6) is 11.5 Å². The maximum absolute atomic E-state index is 13.5. The molecule has 1 N–H and O–H groups in total. The van der Waals surface area contributed by atoms with Crippen LogP contribution < -0.4 is 15.0 Å². The van der Waals surface area contributed by atoms with Crippen LogP contribution >= 0.6 is 0 Å². The van der Waals surface area contributed by atoms with E-state index in [1.54, 1.807) is 6.20 Å². The highest BCUT2D eigenvalue weighted by Crippen LogP contribution is 2.28. The summed E-state index contributed by atoms with van der Waals surface area (Å²) in [5.74, 6) is 1.00. The number of benzene rings is 2. The van der Waals surface area contributed by atoms with Crippen LogP contribution in [0.1, 0.15) is 11.3 Å². The molecule has 1 saturated heterocycles. The molecule has 152 valence electrons. The lowest BCUT2D eigenvalue weighted by atomic mass is 10.2. The summed E-state index contributed by atoms with van der Waals surface area (Å²) in [6.07, 6.45) is 1.58. The molecule has 2 heterocycles. The number of morpholine rings is 1. The minimum atomic E-state index is -0.566. The first-order valence-corrected chi connectivity index (χ1v) is 9.53. The monoisotopic (exact) mass is 405 g/mol. The van der Waals surface area contributed by atoms with E-state index in [-0.39, 0.29) is 5.56 Å². The van der Waals surface area contributed by atoms with Gasteiger partial charge in [-0.3, -0.25) is 0 Å². The van der Waals surface area contributed by atoms with Crippen molar-refractivity contribution in [1.29, 1.82) is 5.26 Å². The van der Waals surface area contributed by atoms with Gasteiger partial charge in [0, 0.05) is 30.5 Å². The molecule has 0 saturated carbocycles. The molecule has 0 radical (unpaired) electrons. The van der Waals surface area contributed by atoms with Crippen LogP contribution in [0.3, 0.4) is 0 Å². The lowest BCUT2D eigenvalue weighted by Gasteiger charge is -2.29. The smallest absolute Gasteiger partial charge is 0.227 e. The van der Waals surface area contributed by atoms with E-state index in [9.17, 15) is 4.39 Å². The molecule has 3 aromatic rings. The van der Waals surface area contributed by atoms with Crippen LogP contribution in [0.2, 0.25) is 0 Å². The van der Waals surface area contributed by atoms with Crippen LogP contribution in [0, 0.1) is 24.1 Å². The molecule has 1 fully saturated rings. The Bertz CT molecular complexity index is 1090. The van der Waals surface area contributed by atoms with Gasteiger partial charge in [0.2, 0.25) is 5.95 Å². The molecule has 30 heavy (non-hydrogen) atoms. The molecule has 1 aromatic heterocycles. The van der Waals surface area contributed by atoms with Crippen molar-refractivity contribution >= 4 is 17.3 Å². The highest BCUT2D eigenvalue weighted by molar-refractivity contribution is 5.57. The Balaban J connectivity index is 1.48. The number of nitrogens with one attached hydrogen (secondary N) is 1. The highest BCUT2D eigenvalue weighted by atomic mass is 19.1. The summed E-state index contributed by atoms with van der Waals surface area (Å²) >= 11 is 0. The zero-order valence-corrected chi connectivity index (χ0v) is 16.4. The van der Waals surface area contributed by atoms with Gasteiger partial charge < -0.3 is 19.7 Å². The third kappa shape index (κ3) is 4.47. The van der Waals surface area contributed by atoms with Crippen LogP contribution in [0.15, 0.2) is 48.7 Å². The number of aromatic nitrogens is 2. The van der Waals surface area contributed by atoms with Gasteiger partial charge in [-0.15, -0.1) is 0 Å². The molecular formula is C22H20FN5O2. The number of halogens is 1. The summed E-state index contributed by atoms with van der Waals surface area (Å²) in [6, 6.07) is 13.8. The predicted molar refractivity (Wildman–Crippen MR) is 111 cm³/mol. The molecule has 7 nitrogen and oxygen atoms in total. The minimum Gasteiger partial charge on any atom is -0.454 e. The number of nitrogens with zero attached hydrogens (tertiary/aromatic N) is 4. The van der Waals surface area contributed by atoms with Crippen LogP contribution in [0.25, 0.3) is 0 Å². The minimum absolute atomic E-state index is 0.0446. The Morgan fingerprint density at radius 2 is 2.03 bits per heavy atom. The molecule has 1 aliphatic heterocycles. The van der Waals surface area contributed by atoms with E-state index in [1.165, 1.54) is 18.2 Å². The quantitative estimate of drug-likeness (QED) is 0.682. The third-order valence-corrected chi connectivity index (χ3v) is 4.70. The van der Waals surface area contributed by atoms with Gasteiger partial charge in [0.1, 0.15) is 17.6 Å². The van der Waals surface area contributed by atoms with Gasteiger partial charge in [-0.25, -0.2) is 14.4 Å². The number of hydrogen-bond acceptors (Lipinski definition) is 7. The first-order chi connectivity index (χ1) is 14.6. The van der Waals surface area contributed by atoms with Gasteiger partial charge in [0.15, 0.2) is 5.75 Å². The highest BCUT2D eigenvalue weighted by Gasteiger charge is 2.13. The number of ether oxygens (including phenoxy) is 2. The maximum Gasteiger partial charge on any atom is 0.227 e. The molecule has 0 amide bonds. The molecule has 0 aliphatic carbocycles. The van der Waals surface area contributed by atoms with E-state index in [1.807, 2.05) is 37.3 Å². The molecule has 2 aromatic carbocycles. The van der Waals surface area contributed by atoms with Crippen molar-refractivity contribution in [2.24, 2.45) is 0 Å². The normalized spacial score (nSPS) is 13.6. The third-order valence-electron chi connectivity index (χ3n) is 4.70. The summed E-state index contributed by atoms with van der Waals surface area (Å²) < 4.78 is 24.9. The first kappa shape index (κ1) is 19.6. The maximum atomic E-state index is 13.5. The van der Waals surface area contributed by atoms with Crippen LogP contribution in [0.4, 0.5) is 21.7 Å². The van der Waals surface area contributed by atoms with E-state index in [0.29, 0.717) is 28.8 Å². The van der Waals surface area contributed by atoms with Gasteiger partial charge >= 0.3 is 0 Å². The molecule has 0 bridgehead atoms. The largest absolute Gasteiger partial charge is 0.454 e. The molecule has 8 heteroatoms. The van der Waals surface area contributed by atoms with Crippen LogP contribution in [-0.4, -0.2) is 36.3 Å². The van der Waals surface area contributed by atoms with E-state index in [4.69, 9.17) is 14.7 Å². The SMILES string of the molecule is Cc1nc(Nc2ccc(F)c(C#N)c2)ncc1Oc1cccc(N2CCOCC2)c1. The fraction of sp³-hybridized carbons (Fsp3) is 0.227. The summed E-state index contributed by atoms with van der Waals surface area (Å²) in [5.41, 5.74) is 2.21. The van der Waals surface area contributed by atoms with Crippen molar-refractivity contribution in [3.8, 4) is 17.6 Å². The van der Waals surface area contributed by atoms with Gasteiger partial charge in [0.25, 0.3) is 0 Å². The summed E-state index contributed by atoms with van der Waals surface area (Å²) in [4.78, 5) is 10.9. The van der Waals surface area contributed by atoms with Crippen LogP contribution in [-0.2, 0) is 4.74 Å². The van der Waals surface area contributed by atoms with E-state index >= 15 is 0 Å². The second-order valence-electron chi connectivity index (χ2n) is 6.77. The lowest BCUT2D eigenvalue weighted by molar-refractivity contribution is 0.122. The number of anilines is 3. The van der Waals surface area contributed by atoms with Crippen molar-refractivity contribution < 1.29 is 13.9 Å². The van der Waals surface area contributed by atoms with Crippen molar-refractivity contribution in [2.75, 3.05) is 36.5 Å². The molecule has 0 spiro atoms. The summed E-state index contributed by atoms with van der Waals surface area (Å²) in [6.45, 7) is 4.96. The zero-order valence-electron chi connectivity index (χ0n) is 16.4. The zero-order chi connectivity index (χ0) is 20.9. The van der Waals surface area contributed by atoms with E-state index in [0.717, 1.165) is 32.0 Å². The van der Waals surface area contributed by atoms with Crippen molar-refractivity contribution in [2.45, 2.75) is 6.92 Å². The van der Waals surface area contributed by atoms with Gasteiger partial charge in [-0.1, -0.05) is 6.07 Å². The number of hydrogen-bond donors (Lipinski definition) is 1. The Morgan fingerprint density at radius 1 is 1.20 bits per heavy atom. The number of nitriles is 1. The Morgan fingerprint density at radius 3 is 2.80 bits per heavy atom. The molecule has 0 unspecified atom stereocenters. The predicted octanol–water partition coefficient (Wildman–Crippen LogP) is 4.17. The number of rotatable bonds is 5. The van der Waals surface area contributed by atoms with Gasteiger partial charge in [0.05, 0.1) is 30.7 Å². The fourth-order valence-electron chi connectivity index (χ4n) is 3.13. The van der Waals surface area contributed by atoms with Crippen molar-refractivity contribution in [3.05, 3.63) is 65.7 Å². The first-order valence-electron chi connectivity index (χ1n) is 9.53. The Labute approximate surface area is 173 Å². The number of aryl methyl sites for hydroxylation is 1. The van der Waals surface area contributed by atoms with E-state index < -0.39 is 5.82 Å². The standard InChI is InChI=1S/C22H20FN5O2/c1-15-21(30-19-4-2-3-18(12-19)28-7-9-29-10-8-28)14-25-22(26-15)27-17-5-6-20(23)16(11-17)13-24/h2-6,11-12,14H,7-10H2,1H3,(H,25,26,27). The average molecular weight is 405 g/mol. The molecular weight excluding hydrogens is 385 g/mol. The lowest BCUT2D eigenvalue weighted by Crippen LogP contribution is -2.36. The van der Waals surface area contributed by atoms with Gasteiger partial charge in [-0.05, 0) is 37.3 Å². The summed E-state index contributed by atoms with van der Waals surface area (Å²) in [7, 11) is 0. The van der Waals surface area contributed by atoms with Crippen molar-refractivity contribution in [1.82, 2.24) is 9.97 Å². The molecule has 0 atom stereocenters.